The van der Waals surface area contributed by atoms with Crippen LogP contribution in [0.25, 0.3) is 0 Å². The number of likely N-dealkylation sites (tertiary alicyclic amines) is 1. The number of nitrogens with one attached hydrogen (secondary N) is 1. The lowest BCUT2D eigenvalue weighted by Crippen LogP contribution is -2.50. The first-order chi connectivity index (χ1) is 8.42. The summed E-state index contributed by atoms with van der Waals surface area (Å²) in [7, 11) is 0. The van der Waals surface area contributed by atoms with Gasteiger partial charge in [0.2, 0.25) is 0 Å². The molecule has 1 unspecified atom stereocenters. The van der Waals surface area contributed by atoms with E-state index in [1.807, 2.05) is 6.92 Å². The molecule has 2 fully saturated rings. The first kappa shape index (κ1) is 13.2. The molecule has 5 nitrogen and oxygen atoms in total. The maximum absolute atomic E-state index is 12.0. The predicted octanol–water partition coefficient (Wildman–Crippen LogP) is 1.68. The fourth-order valence-electron chi connectivity index (χ4n) is 2.42. The molecule has 1 atom stereocenters. The number of carbonyl (C=O) groups is 2. The zero-order valence-electron chi connectivity index (χ0n) is 11.1. The zero-order valence-corrected chi connectivity index (χ0v) is 11.1. The minimum absolute atomic E-state index is 0.0400. The summed E-state index contributed by atoms with van der Waals surface area (Å²) < 4.78 is 0. The van der Waals surface area contributed by atoms with E-state index >= 15 is 0 Å². The molecule has 102 valence electrons. The zero-order chi connectivity index (χ0) is 13.3. The third-order valence-corrected chi connectivity index (χ3v) is 4.35. The van der Waals surface area contributed by atoms with Gasteiger partial charge in [0.25, 0.3) is 0 Å². The van der Waals surface area contributed by atoms with E-state index in [0.717, 1.165) is 0 Å². The monoisotopic (exact) mass is 254 g/mol. The molecule has 5 heteroatoms. The number of aliphatic carboxylic acids is 1. The molecule has 1 saturated carbocycles. The summed E-state index contributed by atoms with van der Waals surface area (Å²) in [6.45, 7) is 4.87. The van der Waals surface area contributed by atoms with Crippen LogP contribution in [0.2, 0.25) is 0 Å². The number of rotatable bonds is 3. The third-order valence-electron chi connectivity index (χ3n) is 4.35. The average Bonchev–Trinajstić information content (AvgIpc) is 3.13. The average molecular weight is 254 g/mol. The van der Waals surface area contributed by atoms with Gasteiger partial charge in [-0.25, -0.2) is 4.79 Å². The number of hydrogen-bond donors (Lipinski definition) is 2. The molecular weight excluding hydrogens is 232 g/mol. The molecule has 2 N–H and O–H groups in total. The van der Waals surface area contributed by atoms with Crippen molar-refractivity contribution in [1.29, 1.82) is 0 Å². The first-order valence-corrected chi connectivity index (χ1v) is 6.71. The second-order valence-electron chi connectivity index (χ2n) is 5.93. The number of piperidine rings is 1. The van der Waals surface area contributed by atoms with E-state index in [1.165, 1.54) is 12.8 Å². The Morgan fingerprint density at radius 1 is 1.33 bits per heavy atom. The molecule has 0 aromatic heterocycles. The third kappa shape index (κ3) is 2.76. The number of carbonyl (C=O) groups excluding carboxylic acids is 1. The quantitative estimate of drug-likeness (QED) is 0.805. The Bertz CT molecular complexity index is 344. The smallest absolute Gasteiger partial charge is 0.317 e. The van der Waals surface area contributed by atoms with Crippen LogP contribution in [-0.4, -0.2) is 41.1 Å². The van der Waals surface area contributed by atoms with E-state index in [4.69, 9.17) is 5.11 Å². The van der Waals surface area contributed by atoms with Gasteiger partial charge in [0.15, 0.2) is 0 Å². The number of carboxylic acids is 1. The van der Waals surface area contributed by atoms with Crippen LogP contribution in [0.5, 0.6) is 0 Å². The van der Waals surface area contributed by atoms with Crippen molar-refractivity contribution in [3.05, 3.63) is 0 Å². The van der Waals surface area contributed by atoms with E-state index in [2.05, 4.69) is 5.32 Å². The van der Waals surface area contributed by atoms with Gasteiger partial charge in [-0.05, 0) is 45.4 Å². The van der Waals surface area contributed by atoms with Gasteiger partial charge in [-0.2, -0.15) is 0 Å². The van der Waals surface area contributed by atoms with Crippen molar-refractivity contribution in [2.75, 3.05) is 13.1 Å². The van der Waals surface area contributed by atoms with E-state index < -0.39 is 11.4 Å². The van der Waals surface area contributed by atoms with Crippen molar-refractivity contribution in [3.63, 3.8) is 0 Å². The molecule has 18 heavy (non-hydrogen) atoms. The Labute approximate surface area is 108 Å². The van der Waals surface area contributed by atoms with E-state index in [0.29, 0.717) is 31.8 Å². The van der Waals surface area contributed by atoms with Crippen LogP contribution >= 0.6 is 0 Å². The summed E-state index contributed by atoms with van der Waals surface area (Å²) in [6, 6.07) is 0.201. The summed E-state index contributed by atoms with van der Waals surface area (Å²) >= 11 is 0. The number of amides is 2. The maximum atomic E-state index is 12.0. The highest BCUT2D eigenvalue weighted by Crippen LogP contribution is 2.33. The molecule has 1 heterocycles. The highest BCUT2D eigenvalue weighted by molar-refractivity contribution is 5.77. The van der Waals surface area contributed by atoms with Crippen LogP contribution < -0.4 is 5.32 Å². The van der Waals surface area contributed by atoms with Gasteiger partial charge >= 0.3 is 12.0 Å². The van der Waals surface area contributed by atoms with Crippen molar-refractivity contribution < 1.29 is 14.7 Å². The van der Waals surface area contributed by atoms with E-state index in [-0.39, 0.29) is 12.1 Å². The molecule has 0 bridgehead atoms. The van der Waals surface area contributed by atoms with Crippen LogP contribution in [0.3, 0.4) is 0 Å². The van der Waals surface area contributed by atoms with E-state index in [1.54, 1.807) is 11.8 Å². The summed E-state index contributed by atoms with van der Waals surface area (Å²) in [4.78, 5) is 24.8. The Hall–Kier alpha value is -1.26. The lowest BCUT2D eigenvalue weighted by molar-refractivity contribution is -0.150. The van der Waals surface area contributed by atoms with Crippen LogP contribution in [0.4, 0.5) is 4.79 Å². The standard InChI is InChI=1S/C13H22N2O3/c1-9(10-3-4-10)14-12(18)15-7-5-13(2,6-8-15)11(16)17/h9-10H,3-8H2,1-2H3,(H,14,18)(H,16,17). The highest BCUT2D eigenvalue weighted by atomic mass is 16.4. The molecule has 0 spiro atoms. The predicted molar refractivity (Wildman–Crippen MR) is 67.3 cm³/mol. The Balaban J connectivity index is 1.81. The van der Waals surface area contributed by atoms with Gasteiger partial charge in [-0.1, -0.05) is 0 Å². The lowest BCUT2D eigenvalue weighted by Gasteiger charge is -2.36. The fraction of sp³-hybridized carbons (Fsp3) is 0.846. The maximum Gasteiger partial charge on any atom is 0.317 e. The largest absolute Gasteiger partial charge is 0.481 e. The topological polar surface area (TPSA) is 69.6 Å². The molecular formula is C13H22N2O3. The number of carboxylic acid groups (broad SMARTS) is 1. The van der Waals surface area contributed by atoms with Gasteiger partial charge in [-0.15, -0.1) is 0 Å². The molecule has 2 rings (SSSR count). The number of hydrogen-bond acceptors (Lipinski definition) is 2. The van der Waals surface area contributed by atoms with Crippen LogP contribution in [0, 0.1) is 11.3 Å². The number of urea groups is 1. The summed E-state index contributed by atoms with van der Waals surface area (Å²) in [5.41, 5.74) is -0.668. The Kier molecular flexibility index (Phi) is 3.50. The van der Waals surface area contributed by atoms with Crippen molar-refractivity contribution >= 4 is 12.0 Å². The molecule has 2 amide bonds. The van der Waals surface area contributed by atoms with Gasteiger partial charge < -0.3 is 15.3 Å². The molecule has 1 aliphatic heterocycles. The highest BCUT2D eigenvalue weighted by Gasteiger charge is 2.38. The van der Waals surface area contributed by atoms with Gasteiger partial charge in [0.05, 0.1) is 5.41 Å². The van der Waals surface area contributed by atoms with Gasteiger partial charge in [0, 0.05) is 19.1 Å². The summed E-state index contributed by atoms with van der Waals surface area (Å²) in [5.74, 6) is -0.114. The van der Waals surface area contributed by atoms with Crippen molar-refractivity contribution in [2.45, 2.75) is 45.6 Å². The Morgan fingerprint density at radius 2 is 1.89 bits per heavy atom. The summed E-state index contributed by atoms with van der Waals surface area (Å²) in [5, 5.41) is 12.1. The fourth-order valence-corrected chi connectivity index (χ4v) is 2.42. The molecule has 2 aliphatic rings. The molecule has 0 aromatic carbocycles. The lowest BCUT2D eigenvalue weighted by atomic mass is 9.80. The minimum atomic E-state index is -0.756. The molecule has 0 radical (unpaired) electrons. The SMILES string of the molecule is CC(NC(=O)N1CCC(C)(C(=O)O)CC1)C1CC1. The normalized spacial score (nSPS) is 24.4. The van der Waals surface area contributed by atoms with Crippen molar-refractivity contribution in [2.24, 2.45) is 11.3 Å². The van der Waals surface area contributed by atoms with Crippen LogP contribution in [0.1, 0.15) is 39.5 Å². The van der Waals surface area contributed by atoms with Gasteiger partial charge in [0.1, 0.15) is 0 Å². The van der Waals surface area contributed by atoms with Crippen LogP contribution in [-0.2, 0) is 4.79 Å². The molecule has 1 aliphatic carbocycles. The van der Waals surface area contributed by atoms with E-state index in [9.17, 15) is 9.59 Å². The second-order valence-corrected chi connectivity index (χ2v) is 5.93. The molecule has 0 aromatic rings. The van der Waals surface area contributed by atoms with Crippen molar-refractivity contribution in [3.8, 4) is 0 Å². The van der Waals surface area contributed by atoms with Crippen LogP contribution in [0.15, 0.2) is 0 Å². The Morgan fingerprint density at radius 3 is 2.33 bits per heavy atom. The minimum Gasteiger partial charge on any atom is -0.481 e. The van der Waals surface area contributed by atoms with Crippen molar-refractivity contribution in [1.82, 2.24) is 10.2 Å². The summed E-state index contributed by atoms with van der Waals surface area (Å²) in [6.07, 6.45) is 3.48. The number of nitrogens with zero attached hydrogens (tertiary/aromatic N) is 1. The molecule has 1 saturated heterocycles. The van der Waals surface area contributed by atoms with Gasteiger partial charge in [-0.3, -0.25) is 4.79 Å². The first-order valence-electron chi connectivity index (χ1n) is 6.71. The second kappa shape index (κ2) is 4.78.